The zero-order valence-electron chi connectivity index (χ0n) is 11.7. The van der Waals surface area contributed by atoms with E-state index in [1.54, 1.807) is 0 Å². The molecule has 0 aliphatic rings. The van der Waals surface area contributed by atoms with Crippen LogP contribution in [0.5, 0.6) is 0 Å². The molecule has 0 spiro atoms. The van der Waals surface area contributed by atoms with Gasteiger partial charge in [-0.3, -0.25) is 9.69 Å². The van der Waals surface area contributed by atoms with E-state index < -0.39 is 6.04 Å². The summed E-state index contributed by atoms with van der Waals surface area (Å²) in [4.78, 5) is 13.6. The van der Waals surface area contributed by atoms with E-state index in [-0.39, 0.29) is 12.5 Å². The summed E-state index contributed by atoms with van der Waals surface area (Å²) < 4.78 is 15.4. The van der Waals surface area contributed by atoms with Gasteiger partial charge in [-0.05, 0) is 13.8 Å². The smallest absolute Gasteiger partial charge is 0.324 e. The summed E-state index contributed by atoms with van der Waals surface area (Å²) in [6, 6.07) is -0.434. The maximum atomic E-state index is 11.6. The average molecular weight is 262 g/mol. The van der Waals surface area contributed by atoms with Gasteiger partial charge in [0.2, 0.25) is 0 Å². The highest BCUT2D eigenvalue weighted by atomic mass is 16.5. The van der Waals surface area contributed by atoms with Crippen molar-refractivity contribution in [1.29, 1.82) is 0 Å². The molecule has 0 aromatic heterocycles. The summed E-state index contributed by atoms with van der Waals surface area (Å²) in [5.41, 5.74) is 5.63. The van der Waals surface area contributed by atoms with Crippen LogP contribution in [0, 0.1) is 0 Å². The molecule has 0 saturated heterocycles. The van der Waals surface area contributed by atoms with Gasteiger partial charge in [-0.2, -0.15) is 0 Å². The van der Waals surface area contributed by atoms with Crippen molar-refractivity contribution in [3.63, 3.8) is 0 Å². The largest absolute Gasteiger partial charge is 0.468 e. The third-order valence-corrected chi connectivity index (χ3v) is 2.59. The third kappa shape index (κ3) is 6.90. The van der Waals surface area contributed by atoms with Crippen LogP contribution in [0.15, 0.2) is 0 Å². The second kappa shape index (κ2) is 11.4. The van der Waals surface area contributed by atoms with Crippen LogP contribution in [0.1, 0.15) is 13.8 Å². The molecule has 0 radical (unpaired) electrons. The number of esters is 1. The number of rotatable bonds is 11. The van der Waals surface area contributed by atoms with Gasteiger partial charge in [0.05, 0.1) is 20.3 Å². The van der Waals surface area contributed by atoms with Gasteiger partial charge in [-0.15, -0.1) is 0 Å². The van der Waals surface area contributed by atoms with Gasteiger partial charge in [0.15, 0.2) is 0 Å². The molecule has 18 heavy (non-hydrogen) atoms. The molecule has 1 unspecified atom stereocenters. The zero-order chi connectivity index (χ0) is 13.8. The first-order chi connectivity index (χ1) is 8.71. The fraction of sp³-hybridized carbons (Fsp3) is 0.917. The van der Waals surface area contributed by atoms with Crippen molar-refractivity contribution in [2.45, 2.75) is 19.9 Å². The van der Waals surface area contributed by atoms with Crippen LogP contribution < -0.4 is 5.73 Å². The normalized spacial score (nSPS) is 12.7. The fourth-order valence-electron chi connectivity index (χ4n) is 1.61. The summed E-state index contributed by atoms with van der Waals surface area (Å²) >= 11 is 0. The molecule has 0 saturated carbocycles. The lowest BCUT2D eigenvalue weighted by molar-refractivity contribution is -0.147. The zero-order valence-corrected chi connectivity index (χ0v) is 11.7. The van der Waals surface area contributed by atoms with E-state index in [0.29, 0.717) is 39.5 Å². The monoisotopic (exact) mass is 262 g/mol. The molecule has 0 bridgehead atoms. The molecule has 6 nitrogen and oxygen atoms in total. The van der Waals surface area contributed by atoms with Crippen molar-refractivity contribution in [2.24, 2.45) is 5.73 Å². The molecule has 0 fully saturated rings. The Hall–Kier alpha value is -0.690. The number of hydrogen-bond donors (Lipinski definition) is 1. The molecular formula is C12H26N2O4. The van der Waals surface area contributed by atoms with Crippen LogP contribution >= 0.6 is 0 Å². The van der Waals surface area contributed by atoms with E-state index in [9.17, 15) is 4.79 Å². The van der Waals surface area contributed by atoms with Gasteiger partial charge in [0.1, 0.15) is 6.04 Å². The maximum Gasteiger partial charge on any atom is 0.324 e. The number of carbonyl (C=O) groups is 1. The minimum Gasteiger partial charge on any atom is -0.468 e. The number of methoxy groups -OCH3 is 1. The topological polar surface area (TPSA) is 74.0 Å². The van der Waals surface area contributed by atoms with E-state index >= 15 is 0 Å². The van der Waals surface area contributed by atoms with Crippen molar-refractivity contribution >= 4 is 5.97 Å². The summed E-state index contributed by atoms with van der Waals surface area (Å²) in [5, 5.41) is 0. The van der Waals surface area contributed by atoms with Gasteiger partial charge < -0.3 is 19.9 Å². The maximum absolute atomic E-state index is 11.6. The predicted octanol–water partition coefficient (Wildman–Crippen LogP) is -0.138. The van der Waals surface area contributed by atoms with Gasteiger partial charge in [-0.1, -0.05) is 0 Å². The molecule has 1 atom stereocenters. The minimum absolute atomic E-state index is 0.227. The fourth-order valence-corrected chi connectivity index (χ4v) is 1.61. The summed E-state index contributed by atoms with van der Waals surface area (Å²) in [5.74, 6) is -0.314. The Bertz CT molecular complexity index is 204. The Labute approximate surface area is 109 Å². The molecule has 0 aliphatic heterocycles. The highest BCUT2D eigenvalue weighted by Gasteiger charge is 2.24. The number of nitrogens with zero attached hydrogens (tertiary/aromatic N) is 1. The molecule has 0 heterocycles. The predicted molar refractivity (Wildman–Crippen MR) is 69.4 cm³/mol. The van der Waals surface area contributed by atoms with E-state index in [0.717, 1.165) is 0 Å². The average Bonchev–Trinajstić information content (AvgIpc) is 2.39. The summed E-state index contributed by atoms with van der Waals surface area (Å²) in [6.07, 6.45) is 0. The number of nitrogens with two attached hydrogens (primary N) is 1. The Kier molecular flexibility index (Phi) is 11.0. The first kappa shape index (κ1) is 17.3. The molecule has 0 aliphatic carbocycles. The quantitative estimate of drug-likeness (QED) is 0.413. The van der Waals surface area contributed by atoms with E-state index in [2.05, 4.69) is 0 Å². The Morgan fingerprint density at radius 1 is 1.17 bits per heavy atom. The van der Waals surface area contributed by atoms with E-state index in [4.69, 9.17) is 19.9 Å². The van der Waals surface area contributed by atoms with Crippen LogP contribution in [0.3, 0.4) is 0 Å². The lowest BCUT2D eigenvalue weighted by Crippen LogP contribution is -2.49. The van der Waals surface area contributed by atoms with Crippen molar-refractivity contribution < 1.29 is 19.0 Å². The highest BCUT2D eigenvalue weighted by Crippen LogP contribution is 2.01. The molecule has 6 heteroatoms. The number of ether oxygens (including phenoxy) is 3. The van der Waals surface area contributed by atoms with Gasteiger partial charge in [0.25, 0.3) is 0 Å². The summed E-state index contributed by atoms with van der Waals surface area (Å²) in [7, 11) is 1.37. The second-order valence-corrected chi connectivity index (χ2v) is 3.70. The standard InChI is InChI=1S/C12H26N2O4/c1-4-17-8-6-14(7-9-18-5-2)11(10-13)12(15)16-3/h11H,4-10,13H2,1-3H3. The van der Waals surface area contributed by atoms with Gasteiger partial charge in [0, 0.05) is 32.8 Å². The van der Waals surface area contributed by atoms with Crippen LogP contribution in [0.2, 0.25) is 0 Å². The van der Waals surface area contributed by atoms with Gasteiger partial charge >= 0.3 is 5.97 Å². The summed E-state index contributed by atoms with van der Waals surface area (Å²) in [6.45, 7) is 7.82. The number of carbonyl (C=O) groups excluding carboxylic acids is 1. The van der Waals surface area contributed by atoms with Gasteiger partial charge in [-0.25, -0.2) is 0 Å². The molecule has 0 aromatic rings. The Morgan fingerprint density at radius 2 is 1.67 bits per heavy atom. The van der Waals surface area contributed by atoms with Crippen LogP contribution in [-0.4, -0.2) is 70.1 Å². The molecule has 108 valence electrons. The molecule has 0 aromatic carbocycles. The Morgan fingerprint density at radius 3 is 2.00 bits per heavy atom. The van der Waals surface area contributed by atoms with Crippen LogP contribution in [0.25, 0.3) is 0 Å². The van der Waals surface area contributed by atoms with Crippen molar-refractivity contribution in [1.82, 2.24) is 4.90 Å². The van der Waals surface area contributed by atoms with Crippen LogP contribution in [0.4, 0.5) is 0 Å². The highest BCUT2D eigenvalue weighted by molar-refractivity contribution is 5.75. The van der Waals surface area contributed by atoms with Crippen LogP contribution in [-0.2, 0) is 19.0 Å². The Balaban J connectivity index is 4.34. The molecular weight excluding hydrogens is 236 g/mol. The third-order valence-electron chi connectivity index (χ3n) is 2.59. The molecule has 0 amide bonds. The first-order valence-corrected chi connectivity index (χ1v) is 6.38. The first-order valence-electron chi connectivity index (χ1n) is 6.38. The lowest BCUT2D eigenvalue weighted by Gasteiger charge is -2.28. The van der Waals surface area contributed by atoms with E-state index in [1.165, 1.54) is 7.11 Å². The SMILES string of the molecule is CCOCCN(CCOCC)C(CN)C(=O)OC. The van der Waals surface area contributed by atoms with Crippen molar-refractivity contribution in [2.75, 3.05) is 53.2 Å². The second-order valence-electron chi connectivity index (χ2n) is 3.70. The number of hydrogen-bond acceptors (Lipinski definition) is 6. The minimum atomic E-state index is -0.434. The molecule has 0 rings (SSSR count). The molecule has 2 N–H and O–H groups in total. The van der Waals surface area contributed by atoms with Crippen molar-refractivity contribution in [3.05, 3.63) is 0 Å². The lowest BCUT2D eigenvalue weighted by atomic mass is 10.2. The van der Waals surface area contributed by atoms with E-state index in [1.807, 2.05) is 18.7 Å². The van der Waals surface area contributed by atoms with Crippen molar-refractivity contribution in [3.8, 4) is 0 Å².